The minimum absolute atomic E-state index is 0. The van der Waals surface area contributed by atoms with Crippen molar-refractivity contribution >= 4 is 54.0 Å². The normalized spacial score (nSPS) is 20.0. The van der Waals surface area contributed by atoms with E-state index in [9.17, 15) is 14.9 Å². The third-order valence-corrected chi connectivity index (χ3v) is 5.48. The first kappa shape index (κ1) is 23.4. The van der Waals surface area contributed by atoms with Crippen molar-refractivity contribution in [2.75, 3.05) is 16.8 Å². The van der Waals surface area contributed by atoms with Crippen molar-refractivity contribution in [2.24, 2.45) is 11.3 Å². The zero-order valence-electron chi connectivity index (χ0n) is 16.2. The Hall–Kier alpha value is -2.89. The molecule has 0 aromatic carbocycles. The second-order valence-electron chi connectivity index (χ2n) is 7.28. The lowest BCUT2D eigenvalue weighted by Gasteiger charge is -2.21. The van der Waals surface area contributed by atoms with E-state index in [4.69, 9.17) is 5.11 Å². The number of halogens is 2. The number of carboxylic acid groups (broad SMARTS) is 1. The second kappa shape index (κ2) is 8.86. The predicted molar refractivity (Wildman–Crippen MR) is 116 cm³/mol. The average Bonchev–Trinajstić information content (AvgIpc) is 3.46. The Morgan fingerprint density at radius 1 is 1.30 bits per heavy atom. The number of aromatic carboxylic acids is 1. The van der Waals surface area contributed by atoms with E-state index >= 15 is 0 Å². The number of carbonyl (C=O) groups excluding carboxylic acids is 1. The van der Waals surface area contributed by atoms with Gasteiger partial charge in [0.05, 0.1) is 11.6 Å². The van der Waals surface area contributed by atoms with Crippen LogP contribution in [0, 0.1) is 29.6 Å². The highest BCUT2D eigenvalue weighted by Gasteiger charge is 2.56. The van der Waals surface area contributed by atoms with Crippen LogP contribution in [0.5, 0.6) is 0 Å². The number of nitrogens with one attached hydrogen (secondary N) is 1. The van der Waals surface area contributed by atoms with Crippen molar-refractivity contribution in [1.82, 2.24) is 9.97 Å². The number of pyridine rings is 2. The molecule has 1 saturated carbocycles. The Bertz CT molecular complexity index is 1020. The Morgan fingerprint density at radius 3 is 2.60 bits per heavy atom. The van der Waals surface area contributed by atoms with E-state index < -0.39 is 11.4 Å². The highest BCUT2D eigenvalue weighted by molar-refractivity contribution is 6.02. The lowest BCUT2D eigenvalue weighted by atomic mass is 9.83. The van der Waals surface area contributed by atoms with E-state index in [-0.39, 0.29) is 42.2 Å². The molecule has 2 aromatic heterocycles. The monoisotopic (exact) mass is 449 g/mol. The molecule has 30 heavy (non-hydrogen) atoms. The Labute approximate surface area is 186 Å². The van der Waals surface area contributed by atoms with Gasteiger partial charge in [-0.25, -0.2) is 14.8 Å². The van der Waals surface area contributed by atoms with E-state index in [1.54, 1.807) is 36.2 Å². The summed E-state index contributed by atoms with van der Waals surface area (Å²) < 4.78 is 0. The van der Waals surface area contributed by atoms with Crippen LogP contribution in [-0.4, -0.2) is 33.5 Å². The third kappa shape index (κ3) is 4.04. The minimum atomic E-state index is -1.03. The van der Waals surface area contributed by atoms with Gasteiger partial charge in [-0.15, -0.1) is 24.8 Å². The fraction of sp³-hybridized carbons (Fsp3) is 0.350. The van der Waals surface area contributed by atoms with Gasteiger partial charge in [-0.3, -0.25) is 4.79 Å². The Morgan fingerprint density at radius 2 is 2.00 bits per heavy atom. The SMILES string of the molecule is Cc1cc(Nc2cc(N3CC[C@@](C#N)(C4CC4)C3=O)ccn2)ncc1C(=O)O.Cl.Cl. The lowest BCUT2D eigenvalue weighted by Crippen LogP contribution is -2.35. The Balaban J connectivity index is 0.00000160. The molecule has 2 N–H and O–H groups in total. The van der Waals surface area contributed by atoms with Gasteiger partial charge in [-0.05, 0) is 49.8 Å². The molecule has 10 heteroatoms. The van der Waals surface area contributed by atoms with Crippen LogP contribution in [0.15, 0.2) is 30.6 Å². The van der Waals surface area contributed by atoms with Crippen LogP contribution >= 0.6 is 24.8 Å². The number of rotatable bonds is 5. The first-order chi connectivity index (χ1) is 13.4. The largest absolute Gasteiger partial charge is 0.478 e. The summed E-state index contributed by atoms with van der Waals surface area (Å²) in [5, 5.41) is 21.8. The summed E-state index contributed by atoms with van der Waals surface area (Å²) in [5.41, 5.74) is 0.517. The van der Waals surface area contributed by atoms with Crippen LogP contribution < -0.4 is 10.2 Å². The molecular formula is C20H21Cl2N5O3. The number of carboxylic acids is 1. The maximum Gasteiger partial charge on any atom is 0.337 e. The second-order valence-corrected chi connectivity index (χ2v) is 7.28. The minimum Gasteiger partial charge on any atom is -0.478 e. The van der Waals surface area contributed by atoms with Crippen molar-refractivity contribution in [2.45, 2.75) is 26.2 Å². The molecule has 8 nitrogen and oxygen atoms in total. The van der Waals surface area contributed by atoms with Gasteiger partial charge in [-0.1, -0.05) is 0 Å². The molecule has 1 atom stereocenters. The zero-order chi connectivity index (χ0) is 19.9. The van der Waals surface area contributed by atoms with Crippen molar-refractivity contribution in [3.05, 3.63) is 41.7 Å². The number of carbonyl (C=O) groups is 2. The number of aromatic nitrogens is 2. The first-order valence-corrected chi connectivity index (χ1v) is 9.11. The summed E-state index contributed by atoms with van der Waals surface area (Å²) in [5.74, 6) is -0.0324. The lowest BCUT2D eigenvalue weighted by molar-refractivity contribution is -0.123. The number of hydrogen-bond acceptors (Lipinski definition) is 6. The van der Waals surface area contributed by atoms with Crippen molar-refractivity contribution < 1.29 is 14.7 Å². The van der Waals surface area contributed by atoms with Gasteiger partial charge in [-0.2, -0.15) is 5.26 Å². The van der Waals surface area contributed by atoms with Crippen LogP contribution in [0.25, 0.3) is 0 Å². The number of anilines is 3. The number of nitriles is 1. The predicted octanol–water partition coefficient (Wildman–Crippen LogP) is 3.73. The summed E-state index contributed by atoms with van der Waals surface area (Å²) in [6.07, 6.45) is 5.31. The summed E-state index contributed by atoms with van der Waals surface area (Å²) >= 11 is 0. The molecule has 4 rings (SSSR count). The molecule has 2 fully saturated rings. The Kier molecular flexibility index (Phi) is 6.91. The fourth-order valence-corrected chi connectivity index (χ4v) is 3.77. The summed E-state index contributed by atoms with van der Waals surface area (Å²) in [4.78, 5) is 34.1. The van der Waals surface area contributed by atoms with Crippen LogP contribution in [0.3, 0.4) is 0 Å². The smallest absolute Gasteiger partial charge is 0.337 e. The molecule has 1 saturated heterocycles. The highest BCUT2D eigenvalue weighted by Crippen LogP contribution is 2.51. The van der Waals surface area contributed by atoms with Crippen LogP contribution in [0.2, 0.25) is 0 Å². The van der Waals surface area contributed by atoms with E-state index in [0.717, 1.165) is 12.8 Å². The summed E-state index contributed by atoms with van der Waals surface area (Å²) in [6.45, 7) is 2.21. The molecule has 0 spiro atoms. The molecule has 0 unspecified atom stereocenters. The number of aryl methyl sites for hydroxylation is 1. The third-order valence-electron chi connectivity index (χ3n) is 5.48. The van der Waals surface area contributed by atoms with Crippen molar-refractivity contribution in [1.29, 1.82) is 5.26 Å². The van der Waals surface area contributed by atoms with Crippen molar-refractivity contribution in [3.8, 4) is 6.07 Å². The van der Waals surface area contributed by atoms with E-state index in [2.05, 4.69) is 21.4 Å². The topological polar surface area (TPSA) is 119 Å². The number of nitrogens with zero attached hydrogens (tertiary/aromatic N) is 4. The highest BCUT2D eigenvalue weighted by atomic mass is 35.5. The van der Waals surface area contributed by atoms with Gasteiger partial charge in [0.1, 0.15) is 17.1 Å². The molecule has 0 bridgehead atoms. The molecular weight excluding hydrogens is 429 g/mol. The van der Waals surface area contributed by atoms with Gasteiger partial charge in [0, 0.05) is 30.7 Å². The number of hydrogen-bond donors (Lipinski definition) is 2. The zero-order valence-corrected chi connectivity index (χ0v) is 17.8. The molecule has 1 aliphatic heterocycles. The fourth-order valence-electron chi connectivity index (χ4n) is 3.77. The molecule has 1 aliphatic carbocycles. The standard InChI is InChI=1S/C20H19N5O3.2ClH/c1-12-8-16(23-10-15(12)18(26)27)24-17-9-14(4-6-22-17)25-7-5-20(11-21,19(25)28)13-2-3-13;;/h4,6,8-10,13H,2-3,5,7H2,1H3,(H,26,27)(H,22,23,24);2*1H/t20-;;/m1../s1. The first-order valence-electron chi connectivity index (χ1n) is 9.11. The molecule has 2 aliphatic rings. The van der Waals surface area contributed by atoms with E-state index in [1.807, 2.05) is 0 Å². The molecule has 1 amide bonds. The molecule has 158 valence electrons. The maximum absolute atomic E-state index is 13.0. The quantitative estimate of drug-likeness (QED) is 0.713. The average molecular weight is 450 g/mol. The van der Waals surface area contributed by atoms with Crippen LogP contribution in [-0.2, 0) is 4.79 Å². The molecule has 3 heterocycles. The van der Waals surface area contributed by atoms with Gasteiger partial charge in [0.2, 0.25) is 5.91 Å². The molecule has 0 radical (unpaired) electrons. The van der Waals surface area contributed by atoms with Gasteiger partial charge < -0.3 is 15.3 Å². The van der Waals surface area contributed by atoms with E-state index in [0.29, 0.717) is 35.9 Å². The summed E-state index contributed by atoms with van der Waals surface area (Å²) in [7, 11) is 0. The van der Waals surface area contributed by atoms with Gasteiger partial charge >= 0.3 is 5.97 Å². The van der Waals surface area contributed by atoms with Crippen LogP contribution in [0.1, 0.15) is 35.2 Å². The van der Waals surface area contributed by atoms with Crippen LogP contribution in [0.4, 0.5) is 17.3 Å². The van der Waals surface area contributed by atoms with Gasteiger partial charge in [0.25, 0.3) is 0 Å². The summed E-state index contributed by atoms with van der Waals surface area (Å²) in [6, 6.07) is 7.40. The van der Waals surface area contributed by atoms with Crippen molar-refractivity contribution in [3.63, 3.8) is 0 Å². The van der Waals surface area contributed by atoms with E-state index in [1.165, 1.54) is 6.20 Å². The maximum atomic E-state index is 13.0. The van der Waals surface area contributed by atoms with Gasteiger partial charge in [0.15, 0.2) is 0 Å². The molecule has 2 aromatic rings. The number of amides is 1.